The van der Waals surface area contributed by atoms with Crippen molar-refractivity contribution >= 4 is 0 Å². The van der Waals surface area contributed by atoms with Gasteiger partial charge >= 0.3 is 0 Å². The Labute approximate surface area is 126 Å². The molecule has 2 heterocycles. The van der Waals surface area contributed by atoms with Crippen LogP contribution in [0, 0.1) is 12.3 Å². The Morgan fingerprint density at radius 2 is 2.00 bits per heavy atom. The Hall–Kier alpha value is -1.62. The lowest BCUT2D eigenvalue weighted by molar-refractivity contribution is 0.230. The maximum atomic E-state index is 5.94. The van der Waals surface area contributed by atoms with Crippen LogP contribution < -0.4 is 5.32 Å². The van der Waals surface area contributed by atoms with Crippen LogP contribution in [0.1, 0.15) is 56.9 Å². The van der Waals surface area contributed by atoms with E-state index in [0.29, 0.717) is 6.54 Å². The van der Waals surface area contributed by atoms with E-state index in [1.165, 1.54) is 0 Å². The lowest BCUT2D eigenvalue weighted by atomic mass is 9.85. The molecule has 5 heteroatoms. The Kier molecular flexibility index (Phi) is 4.52. The first kappa shape index (κ1) is 15.8. The maximum Gasteiger partial charge on any atom is 0.146 e. The van der Waals surface area contributed by atoms with Crippen LogP contribution in [0.3, 0.4) is 0 Å². The van der Waals surface area contributed by atoms with Crippen LogP contribution in [0.4, 0.5) is 0 Å². The van der Waals surface area contributed by atoms with E-state index in [4.69, 9.17) is 4.42 Å². The Morgan fingerprint density at radius 3 is 2.48 bits per heavy atom. The second-order valence-electron chi connectivity index (χ2n) is 6.56. The molecule has 0 aliphatic heterocycles. The smallest absolute Gasteiger partial charge is 0.146 e. The lowest BCUT2D eigenvalue weighted by Crippen LogP contribution is -2.32. The van der Waals surface area contributed by atoms with Crippen molar-refractivity contribution in [1.82, 2.24) is 20.1 Å². The number of hydrogen-bond donors (Lipinski definition) is 1. The van der Waals surface area contributed by atoms with Crippen LogP contribution in [0.25, 0.3) is 0 Å². The minimum Gasteiger partial charge on any atom is -0.464 e. The molecule has 0 bridgehead atoms. The van der Waals surface area contributed by atoms with Gasteiger partial charge in [-0.1, -0.05) is 27.7 Å². The van der Waals surface area contributed by atoms with Gasteiger partial charge in [-0.25, -0.2) is 0 Å². The fourth-order valence-corrected chi connectivity index (χ4v) is 2.37. The average molecular weight is 290 g/mol. The van der Waals surface area contributed by atoms with Crippen LogP contribution >= 0.6 is 0 Å². The molecule has 1 N–H and O–H groups in total. The number of furan rings is 1. The van der Waals surface area contributed by atoms with E-state index >= 15 is 0 Å². The molecule has 0 amide bonds. The lowest BCUT2D eigenvalue weighted by Gasteiger charge is -2.30. The monoisotopic (exact) mass is 290 g/mol. The molecule has 116 valence electrons. The van der Waals surface area contributed by atoms with Crippen LogP contribution in [0.15, 0.2) is 16.5 Å². The molecule has 2 rings (SSSR count). The van der Waals surface area contributed by atoms with E-state index in [0.717, 1.165) is 29.6 Å². The first-order valence-electron chi connectivity index (χ1n) is 7.49. The zero-order valence-corrected chi connectivity index (χ0v) is 13.9. The summed E-state index contributed by atoms with van der Waals surface area (Å²) in [6.45, 7) is 11.4. The Morgan fingerprint density at radius 1 is 1.29 bits per heavy atom. The number of nitrogens with one attached hydrogen (secondary N) is 1. The number of rotatable bonds is 5. The molecule has 2 aromatic heterocycles. The second-order valence-corrected chi connectivity index (χ2v) is 6.56. The molecule has 5 nitrogen and oxygen atoms in total. The molecular weight excluding hydrogens is 264 g/mol. The number of aryl methyl sites for hydroxylation is 2. The summed E-state index contributed by atoms with van der Waals surface area (Å²) in [6.07, 6.45) is 0.916. The van der Waals surface area contributed by atoms with Gasteiger partial charge in [-0.05, 0) is 24.5 Å². The highest BCUT2D eigenvalue weighted by molar-refractivity contribution is 5.13. The molecule has 0 fully saturated rings. The molecule has 0 radical (unpaired) electrons. The Balaban J connectivity index is 2.16. The second kappa shape index (κ2) is 6.02. The molecule has 2 aromatic rings. The van der Waals surface area contributed by atoms with Crippen molar-refractivity contribution in [3.8, 4) is 0 Å². The van der Waals surface area contributed by atoms with Gasteiger partial charge in [-0.3, -0.25) is 5.32 Å². The molecule has 0 aliphatic rings. The van der Waals surface area contributed by atoms with Gasteiger partial charge in [0.1, 0.15) is 23.2 Å². The summed E-state index contributed by atoms with van der Waals surface area (Å²) in [5.41, 5.74) is 0.0521. The van der Waals surface area contributed by atoms with Crippen molar-refractivity contribution < 1.29 is 4.42 Å². The van der Waals surface area contributed by atoms with E-state index in [2.05, 4.69) is 55.3 Å². The Bertz CT molecular complexity index is 592. The van der Waals surface area contributed by atoms with Crippen LogP contribution in [0.5, 0.6) is 0 Å². The summed E-state index contributed by atoms with van der Waals surface area (Å²) in [4.78, 5) is 0. The number of aromatic nitrogens is 3. The average Bonchev–Trinajstić information content (AvgIpc) is 2.99. The molecule has 1 atom stereocenters. The maximum absolute atomic E-state index is 5.94. The highest BCUT2D eigenvalue weighted by Gasteiger charge is 2.29. The van der Waals surface area contributed by atoms with E-state index < -0.39 is 0 Å². The van der Waals surface area contributed by atoms with Crippen LogP contribution in [0.2, 0.25) is 0 Å². The van der Waals surface area contributed by atoms with Gasteiger partial charge in [-0.2, -0.15) is 0 Å². The summed E-state index contributed by atoms with van der Waals surface area (Å²) < 4.78 is 7.95. The third-order valence-electron chi connectivity index (χ3n) is 3.83. The van der Waals surface area contributed by atoms with E-state index in [9.17, 15) is 0 Å². The van der Waals surface area contributed by atoms with Gasteiger partial charge in [0.15, 0.2) is 0 Å². The topological polar surface area (TPSA) is 55.9 Å². The fourth-order valence-electron chi connectivity index (χ4n) is 2.37. The van der Waals surface area contributed by atoms with E-state index in [1.54, 1.807) is 0 Å². The SMILES string of the molecule is CCc1ccc([C@H](NCc2nnc(C)n2C)C(C)(C)C)o1. The van der Waals surface area contributed by atoms with Crippen molar-refractivity contribution in [2.45, 2.75) is 53.6 Å². The van der Waals surface area contributed by atoms with E-state index in [-0.39, 0.29) is 11.5 Å². The van der Waals surface area contributed by atoms with Gasteiger partial charge in [0, 0.05) is 13.5 Å². The first-order chi connectivity index (χ1) is 9.82. The highest BCUT2D eigenvalue weighted by atomic mass is 16.3. The van der Waals surface area contributed by atoms with Gasteiger partial charge in [0.2, 0.25) is 0 Å². The molecule has 0 saturated heterocycles. The summed E-state index contributed by atoms with van der Waals surface area (Å²) in [5, 5.41) is 11.9. The van der Waals surface area contributed by atoms with E-state index in [1.807, 2.05) is 18.5 Å². The van der Waals surface area contributed by atoms with Crippen molar-refractivity contribution in [2.75, 3.05) is 0 Å². The van der Waals surface area contributed by atoms with Gasteiger partial charge in [0.25, 0.3) is 0 Å². The largest absolute Gasteiger partial charge is 0.464 e. The quantitative estimate of drug-likeness (QED) is 0.919. The highest BCUT2D eigenvalue weighted by Crippen LogP contribution is 2.34. The minimum absolute atomic E-state index is 0.0521. The fraction of sp³-hybridized carbons (Fsp3) is 0.625. The minimum atomic E-state index is 0.0521. The first-order valence-corrected chi connectivity index (χ1v) is 7.49. The number of nitrogens with zero attached hydrogens (tertiary/aromatic N) is 3. The molecule has 0 saturated carbocycles. The number of hydrogen-bond acceptors (Lipinski definition) is 4. The van der Waals surface area contributed by atoms with Gasteiger partial charge in [0.05, 0.1) is 12.6 Å². The van der Waals surface area contributed by atoms with Crippen LogP contribution in [-0.4, -0.2) is 14.8 Å². The predicted molar refractivity (Wildman–Crippen MR) is 82.9 cm³/mol. The van der Waals surface area contributed by atoms with Crippen molar-refractivity contribution in [2.24, 2.45) is 12.5 Å². The molecule has 0 spiro atoms. The summed E-state index contributed by atoms with van der Waals surface area (Å²) in [5.74, 6) is 3.86. The van der Waals surface area contributed by atoms with Crippen molar-refractivity contribution in [3.05, 3.63) is 35.3 Å². The third-order valence-corrected chi connectivity index (χ3v) is 3.83. The van der Waals surface area contributed by atoms with Crippen LogP contribution in [-0.2, 0) is 20.0 Å². The summed E-state index contributed by atoms with van der Waals surface area (Å²) in [7, 11) is 1.99. The third kappa shape index (κ3) is 3.53. The van der Waals surface area contributed by atoms with Crippen molar-refractivity contribution in [3.63, 3.8) is 0 Å². The van der Waals surface area contributed by atoms with Gasteiger partial charge in [-0.15, -0.1) is 10.2 Å². The predicted octanol–water partition coefficient (Wildman–Crippen LogP) is 3.16. The summed E-state index contributed by atoms with van der Waals surface area (Å²) in [6, 6.07) is 4.26. The summed E-state index contributed by atoms with van der Waals surface area (Å²) >= 11 is 0. The molecular formula is C16H26N4O. The molecule has 21 heavy (non-hydrogen) atoms. The van der Waals surface area contributed by atoms with Crippen molar-refractivity contribution in [1.29, 1.82) is 0 Å². The van der Waals surface area contributed by atoms with Gasteiger partial charge < -0.3 is 8.98 Å². The zero-order chi connectivity index (χ0) is 15.6. The molecule has 0 unspecified atom stereocenters. The normalized spacial score (nSPS) is 13.6. The zero-order valence-electron chi connectivity index (χ0n) is 13.9. The standard InChI is InChI=1S/C16H26N4O/c1-7-12-8-9-13(21-12)15(16(3,4)5)17-10-14-19-18-11(2)20(14)6/h8-9,15,17H,7,10H2,1-6H3/t15-/m0/s1. The molecule has 0 aromatic carbocycles. The molecule has 0 aliphatic carbocycles.